The highest BCUT2D eigenvalue weighted by Gasteiger charge is 2.15. The summed E-state index contributed by atoms with van der Waals surface area (Å²) < 4.78 is 22.9. The van der Waals surface area contributed by atoms with Gasteiger partial charge in [0.25, 0.3) is 5.91 Å². The van der Waals surface area contributed by atoms with E-state index in [4.69, 9.17) is 0 Å². The van der Waals surface area contributed by atoms with Crippen LogP contribution in [0.25, 0.3) is 0 Å². The number of amides is 1. The summed E-state index contributed by atoms with van der Waals surface area (Å²) >= 11 is 0. The molecule has 0 saturated carbocycles. The van der Waals surface area contributed by atoms with Crippen LogP contribution in [0.1, 0.15) is 28.4 Å². The zero-order chi connectivity index (χ0) is 17.6. The largest absolute Gasteiger partial charge is 0.339 e. The molecule has 0 saturated heterocycles. The number of carbonyl (C=O) groups excluding carboxylic acids is 1. The van der Waals surface area contributed by atoms with Gasteiger partial charge >= 0.3 is 0 Å². The Morgan fingerprint density at radius 1 is 1.00 bits per heavy atom. The lowest BCUT2D eigenvalue weighted by atomic mass is 10.1. The lowest BCUT2D eigenvalue weighted by Gasteiger charge is -2.21. The van der Waals surface area contributed by atoms with Crippen LogP contribution in [0.15, 0.2) is 54.6 Å². The fraction of sp³-hybridized carbons (Fsp3) is 0.316. The maximum Gasteiger partial charge on any atom is 0.253 e. The van der Waals surface area contributed by atoms with E-state index in [-0.39, 0.29) is 11.7 Å². The SMILES string of the molecule is CCN(CCc1ccccc1)C(=O)c1cccc(CS(C)(=O)=O)c1. The Kier molecular flexibility index (Phi) is 6.15. The van der Waals surface area contributed by atoms with Crippen molar-refractivity contribution in [2.24, 2.45) is 0 Å². The quantitative estimate of drug-likeness (QED) is 0.775. The zero-order valence-corrected chi connectivity index (χ0v) is 14.9. The number of nitrogens with zero attached hydrogens (tertiary/aromatic N) is 1. The molecule has 24 heavy (non-hydrogen) atoms. The van der Waals surface area contributed by atoms with Gasteiger partial charge in [-0.15, -0.1) is 0 Å². The molecule has 0 aliphatic rings. The van der Waals surface area contributed by atoms with E-state index >= 15 is 0 Å². The second kappa shape index (κ2) is 8.11. The van der Waals surface area contributed by atoms with E-state index in [0.29, 0.717) is 24.2 Å². The maximum atomic E-state index is 12.7. The van der Waals surface area contributed by atoms with Crippen molar-refractivity contribution in [2.75, 3.05) is 19.3 Å². The molecule has 0 aromatic heterocycles. The van der Waals surface area contributed by atoms with Crippen molar-refractivity contribution in [3.8, 4) is 0 Å². The number of rotatable bonds is 7. The van der Waals surface area contributed by atoms with Crippen molar-refractivity contribution in [1.82, 2.24) is 4.90 Å². The molecule has 5 heteroatoms. The standard InChI is InChI=1S/C19H23NO3S/c1-3-20(13-12-16-8-5-4-6-9-16)19(21)18-11-7-10-17(14-18)15-24(2,22)23/h4-11,14H,3,12-13,15H2,1-2H3. The highest BCUT2D eigenvalue weighted by molar-refractivity contribution is 7.89. The van der Waals surface area contributed by atoms with Crippen LogP contribution in [0, 0.1) is 0 Å². The molecular weight excluding hydrogens is 322 g/mol. The summed E-state index contributed by atoms with van der Waals surface area (Å²) in [6, 6.07) is 16.9. The predicted octanol–water partition coefficient (Wildman–Crippen LogP) is 2.94. The van der Waals surface area contributed by atoms with Gasteiger partial charge in [0, 0.05) is 24.9 Å². The fourth-order valence-electron chi connectivity index (χ4n) is 2.59. The van der Waals surface area contributed by atoms with E-state index in [9.17, 15) is 13.2 Å². The van der Waals surface area contributed by atoms with Crippen molar-refractivity contribution in [3.05, 3.63) is 71.3 Å². The van der Waals surface area contributed by atoms with Gasteiger partial charge < -0.3 is 4.90 Å². The molecule has 0 fully saturated rings. The first-order valence-corrected chi connectivity index (χ1v) is 10.0. The number of benzene rings is 2. The Labute approximate surface area is 144 Å². The van der Waals surface area contributed by atoms with Gasteiger partial charge in [-0.25, -0.2) is 8.42 Å². The molecular formula is C19H23NO3S. The van der Waals surface area contributed by atoms with Crippen LogP contribution >= 0.6 is 0 Å². The highest BCUT2D eigenvalue weighted by Crippen LogP contribution is 2.12. The molecule has 0 bridgehead atoms. The van der Waals surface area contributed by atoms with Crippen LogP contribution in [0.4, 0.5) is 0 Å². The van der Waals surface area contributed by atoms with E-state index in [1.165, 1.54) is 11.8 Å². The molecule has 0 unspecified atom stereocenters. The van der Waals surface area contributed by atoms with Crippen molar-refractivity contribution in [1.29, 1.82) is 0 Å². The van der Waals surface area contributed by atoms with Crippen molar-refractivity contribution in [2.45, 2.75) is 19.1 Å². The lowest BCUT2D eigenvalue weighted by Crippen LogP contribution is -2.32. The summed E-state index contributed by atoms with van der Waals surface area (Å²) in [6.07, 6.45) is 1.99. The summed E-state index contributed by atoms with van der Waals surface area (Å²) in [7, 11) is -3.12. The molecule has 0 spiro atoms. The second-order valence-corrected chi connectivity index (χ2v) is 8.03. The van der Waals surface area contributed by atoms with Crippen LogP contribution in [0.2, 0.25) is 0 Å². The topological polar surface area (TPSA) is 54.5 Å². The third-order valence-electron chi connectivity index (χ3n) is 3.78. The molecule has 2 rings (SSSR count). The summed E-state index contributed by atoms with van der Waals surface area (Å²) in [5.74, 6) is -0.117. The Balaban J connectivity index is 2.09. The summed E-state index contributed by atoms with van der Waals surface area (Å²) in [6.45, 7) is 3.20. The molecule has 1 amide bonds. The second-order valence-electron chi connectivity index (χ2n) is 5.89. The smallest absolute Gasteiger partial charge is 0.253 e. The van der Waals surface area contributed by atoms with Gasteiger partial charge in [0.1, 0.15) is 0 Å². The van der Waals surface area contributed by atoms with Gasteiger partial charge in [-0.2, -0.15) is 0 Å². The summed E-state index contributed by atoms with van der Waals surface area (Å²) in [4.78, 5) is 14.5. The van der Waals surface area contributed by atoms with Crippen LogP contribution in [-0.4, -0.2) is 38.6 Å². The average molecular weight is 345 g/mol. The van der Waals surface area contributed by atoms with Gasteiger partial charge in [-0.05, 0) is 36.6 Å². The molecule has 0 radical (unpaired) electrons. The molecule has 2 aromatic carbocycles. The molecule has 0 N–H and O–H groups in total. The monoisotopic (exact) mass is 345 g/mol. The van der Waals surface area contributed by atoms with E-state index in [1.807, 2.05) is 37.3 Å². The molecule has 2 aromatic rings. The molecule has 0 aliphatic heterocycles. The van der Waals surface area contributed by atoms with E-state index in [2.05, 4.69) is 0 Å². The molecule has 0 heterocycles. The predicted molar refractivity (Wildman–Crippen MR) is 96.7 cm³/mol. The van der Waals surface area contributed by atoms with Crippen molar-refractivity contribution < 1.29 is 13.2 Å². The van der Waals surface area contributed by atoms with Gasteiger partial charge in [0.05, 0.1) is 5.75 Å². The lowest BCUT2D eigenvalue weighted by molar-refractivity contribution is 0.0766. The summed E-state index contributed by atoms with van der Waals surface area (Å²) in [5.41, 5.74) is 2.36. The number of carbonyl (C=O) groups is 1. The molecule has 0 atom stereocenters. The number of hydrogen-bond donors (Lipinski definition) is 0. The van der Waals surface area contributed by atoms with Crippen LogP contribution in [-0.2, 0) is 22.0 Å². The van der Waals surface area contributed by atoms with Crippen LogP contribution in [0.5, 0.6) is 0 Å². The third kappa shape index (κ3) is 5.49. The Morgan fingerprint density at radius 2 is 1.67 bits per heavy atom. The minimum Gasteiger partial charge on any atom is -0.339 e. The van der Waals surface area contributed by atoms with Gasteiger partial charge in [0.15, 0.2) is 9.84 Å². The van der Waals surface area contributed by atoms with Gasteiger partial charge in [-0.3, -0.25) is 4.79 Å². The van der Waals surface area contributed by atoms with E-state index in [0.717, 1.165) is 6.42 Å². The normalized spacial score (nSPS) is 11.2. The van der Waals surface area contributed by atoms with E-state index in [1.54, 1.807) is 29.2 Å². The maximum absolute atomic E-state index is 12.7. The van der Waals surface area contributed by atoms with Crippen molar-refractivity contribution in [3.63, 3.8) is 0 Å². The highest BCUT2D eigenvalue weighted by atomic mass is 32.2. The van der Waals surface area contributed by atoms with Crippen LogP contribution < -0.4 is 0 Å². The average Bonchev–Trinajstić information content (AvgIpc) is 2.55. The van der Waals surface area contributed by atoms with Gasteiger partial charge in [0.2, 0.25) is 0 Å². The first kappa shape index (κ1) is 18.2. The Morgan fingerprint density at radius 3 is 2.29 bits per heavy atom. The third-order valence-corrected chi connectivity index (χ3v) is 4.64. The summed E-state index contributed by atoms with van der Waals surface area (Å²) in [5, 5.41) is 0. The molecule has 0 aliphatic carbocycles. The minimum atomic E-state index is -3.12. The van der Waals surface area contributed by atoms with Crippen molar-refractivity contribution >= 4 is 15.7 Å². The fourth-order valence-corrected chi connectivity index (χ4v) is 3.38. The van der Waals surface area contributed by atoms with Gasteiger partial charge in [-0.1, -0.05) is 42.5 Å². The zero-order valence-electron chi connectivity index (χ0n) is 14.1. The first-order chi connectivity index (χ1) is 11.4. The Bertz CT molecular complexity index is 785. The number of sulfone groups is 1. The molecule has 4 nitrogen and oxygen atoms in total. The Hall–Kier alpha value is -2.14. The number of hydrogen-bond acceptors (Lipinski definition) is 3. The van der Waals surface area contributed by atoms with E-state index < -0.39 is 9.84 Å². The first-order valence-electron chi connectivity index (χ1n) is 7.99. The molecule has 128 valence electrons. The number of likely N-dealkylation sites (N-methyl/N-ethyl adjacent to an activating group) is 1. The van der Waals surface area contributed by atoms with Crippen LogP contribution in [0.3, 0.4) is 0 Å². The minimum absolute atomic E-state index is 0.0513.